The van der Waals surface area contributed by atoms with E-state index in [-0.39, 0.29) is 22.0 Å². The van der Waals surface area contributed by atoms with Gasteiger partial charge in [-0.25, -0.2) is 12.8 Å². The van der Waals surface area contributed by atoms with Crippen LogP contribution in [0.2, 0.25) is 5.02 Å². The predicted octanol–water partition coefficient (Wildman–Crippen LogP) is 4.02. The summed E-state index contributed by atoms with van der Waals surface area (Å²) < 4.78 is 40.9. The molecule has 0 aromatic heterocycles. The van der Waals surface area contributed by atoms with Gasteiger partial charge in [0.05, 0.1) is 15.5 Å². The minimum atomic E-state index is -3.47. The van der Waals surface area contributed by atoms with Gasteiger partial charge in [-0.05, 0) is 49.1 Å². The SMILES string of the molecule is O=C(NCCc1ccc(S(=O)(=O)N2CCCCCC2)cc1)c1c(F)cccc1Cl. The maximum atomic E-state index is 13.8. The Balaban J connectivity index is 1.59. The summed E-state index contributed by atoms with van der Waals surface area (Å²) in [6, 6.07) is 10.8. The Bertz CT molecular complexity index is 936. The molecule has 1 aliphatic heterocycles. The normalized spacial score (nSPS) is 15.7. The monoisotopic (exact) mass is 438 g/mol. The van der Waals surface area contributed by atoms with E-state index in [0.717, 1.165) is 31.2 Å². The molecule has 0 radical (unpaired) electrons. The zero-order valence-electron chi connectivity index (χ0n) is 16.0. The molecule has 1 heterocycles. The minimum absolute atomic E-state index is 0.0607. The van der Waals surface area contributed by atoms with Gasteiger partial charge in [-0.1, -0.05) is 42.6 Å². The molecule has 1 amide bonds. The smallest absolute Gasteiger partial charge is 0.255 e. The molecular formula is C21H24ClFN2O3S. The van der Waals surface area contributed by atoms with Crippen LogP contribution in [-0.4, -0.2) is 38.3 Å². The van der Waals surface area contributed by atoms with E-state index in [2.05, 4.69) is 5.32 Å². The Morgan fingerprint density at radius 2 is 1.69 bits per heavy atom. The van der Waals surface area contributed by atoms with Crippen LogP contribution in [-0.2, 0) is 16.4 Å². The Labute approximate surface area is 175 Å². The van der Waals surface area contributed by atoms with Gasteiger partial charge in [0.15, 0.2) is 0 Å². The highest BCUT2D eigenvalue weighted by molar-refractivity contribution is 7.89. The first-order chi connectivity index (χ1) is 13.9. The number of carbonyl (C=O) groups is 1. The average Bonchev–Trinajstić information content (AvgIpc) is 2.98. The Hall–Kier alpha value is -1.96. The van der Waals surface area contributed by atoms with Gasteiger partial charge >= 0.3 is 0 Å². The molecule has 1 fully saturated rings. The number of rotatable bonds is 6. The predicted molar refractivity (Wildman–Crippen MR) is 111 cm³/mol. The lowest BCUT2D eigenvalue weighted by molar-refractivity contribution is 0.0950. The first-order valence-electron chi connectivity index (χ1n) is 9.71. The number of amides is 1. The quantitative estimate of drug-likeness (QED) is 0.740. The van der Waals surface area contributed by atoms with Crippen molar-refractivity contribution in [1.82, 2.24) is 9.62 Å². The van der Waals surface area contributed by atoms with E-state index in [1.54, 1.807) is 28.6 Å². The van der Waals surface area contributed by atoms with E-state index in [1.807, 2.05) is 0 Å². The molecule has 2 aromatic carbocycles. The van der Waals surface area contributed by atoms with E-state index in [9.17, 15) is 17.6 Å². The summed E-state index contributed by atoms with van der Waals surface area (Å²) in [4.78, 5) is 12.4. The second-order valence-electron chi connectivity index (χ2n) is 7.06. The molecule has 0 bridgehead atoms. The number of hydrogen-bond acceptors (Lipinski definition) is 3. The molecule has 1 saturated heterocycles. The van der Waals surface area contributed by atoms with Gasteiger partial charge in [0.1, 0.15) is 5.82 Å². The first kappa shape index (κ1) is 21.7. The summed E-state index contributed by atoms with van der Waals surface area (Å²) in [5.41, 5.74) is 0.702. The zero-order chi connectivity index (χ0) is 20.9. The van der Waals surface area contributed by atoms with Gasteiger partial charge in [0, 0.05) is 19.6 Å². The molecule has 29 heavy (non-hydrogen) atoms. The van der Waals surface area contributed by atoms with Gasteiger partial charge in [-0.3, -0.25) is 4.79 Å². The highest BCUT2D eigenvalue weighted by atomic mass is 35.5. The van der Waals surface area contributed by atoms with Gasteiger partial charge < -0.3 is 5.32 Å². The first-order valence-corrected chi connectivity index (χ1v) is 11.5. The molecule has 1 N–H and O–H groups in total. The van der Waals surface area contributed by atoms with Gasteiger partial charge in [-0.15, -0.1) is 0 Å². The zero-order valence-corrected chi connectivity index (χ0v) is 17.6. The molecule has 5 nitrogen and oxygen atoms in total. The highest BCUT2D eigenvalue weighted by Gasteiger charge is 2.24. The summed E-state index contributed by atoms with van der Waals surface area (Å²) in [5, 5.41) is 2.70. The third-order valence-corrected chi connectivity index (χ3v) is 7.24. The molecule has 0 saturated carbocycles. The van der Waals surface area contributed by atoms with Crippen LogP contribution < -0.4 is 5.32 Å². The minimum Gasteiger partial charge on any atom is -0.352 e. The van der Waals surface area contributed by atoms with Crippen molar-refractivity contribution in [3.8, 4) is 0 Å². The van der Waals surface area contributed by atoms with Crippen LogP contribution in [0.25, 0.3) is 0 Å². The van der Waals surface area contributed by atoms with Crippen molar-refractivity contribution < 1.29 is 17.6 Å². The Morgan fingerprint density at radius 3 is 2.31 bits per heavy atom. The van der Waals surface area contributed by atoms with E-state index in [0.29, 0.717) is 19.5 Å². The van der Waals surface area contributed by atoms with Gasteiger partial charge in [-0.2, -0.15) is 4.31 Å². The molecule has 156 valence electrons. The number of nitrogens with one attached hydrogen (secondary N) is 1. The van der Waals surface area contributed by atoms with E-state index >= 15 is 0 Å². The molecular weight excluding hydrogens is 415 g/mol. The lowest BCUT2D eigenvalue weighted by Gasteiger charge is -2.20. The van der Waals surface area contributed by atoms with Gasteiger partial charge in [0.25, 0.3) is 5.91 Å². The standard InChI is InChI=1S/C21H24ClFN2O3S/c22-18-6-5-7-19(23)20(18)21(26)24-13-12-16-8-10-17(11-9-16)29(27,28)25-14-3-1-2-4-15-25/h5-11H,1-4,12-15H2,(H,24,26). The molecule has 0 spiro atoms. The molecule has 0 unspecified atom stereocenters. The second kappa shape index (κ2) is 9.69. The summed E-state index contributed by atoms with van der Waals surface area (Å²) >= 11 is 5.89. The van der Waals surface area contributed by atoms with Crippen molar-refractivity contribution in [2.75, 3.05) is 19.6 Å². The molecule has 2 aromatic rings. The van der Waals surface area contributed by atoms with E-state index in [4.69, 9.17) is 11.6 Å². The fourth-order valence-electron chi connectivity index (χ4n) is 3.38. The molecule has 8 heteroatoms. The van der Waals surface area contributed by atoms with Crippen LogP contribution in [0.5, 0.6) is 0 Å². The number of carbonyl (C=O) groups excluding carboxylic acids is 1. The largest absolute Gasteiger partial charge is 0.352 e. The molecule has 3 rings (SSSR count). The Kier molecular flexibility index (Phi) is 7.27. The van der Waals surface area contributed by atoms with Gasteiger partial charge in [0.2, 0.25) is 10.0 Å². The molecule has 0 aliphatic carbocycles. The van der Waals surface area contributed by atoms with Crippen LogP contribution in [0.4, 0.5) is 4.39 Å². The fourth-order valence-corrected chi connectivity index (χ4v) is 5.15. The van der Waals surface area contributed by atoms with Crippen molar-refractivity contribution in [2.24, 2.45) is 0 Å². The van der Waals surface area contributed by atoms with Crippen LogP contribution in [0, 0.1) is 5.82 Å². The summed E-state index contributed by atoms with van der Waals surface area (Å²) in [6.07, 6.45) is 4.40. The Morgan fingerprint density at radius 1 is 1.03 bits per heavy atom. The third-order valence-electron chi connectivity index (χ3n) is 5.02. The van der Waals surface area contributed by atoms with E-state index in [1.165, 1.54) is 18.2 Å². The highest BCUT2D eigenvalue weighted by Crippen LogP contribution is 2.21. The van der Waals surface area contributed by atoms with Crippen molar-refractivity contribution in [2.45, 2.75) is 37.0 Å². The second-order valence-corrected chi connectivity index (χ2v) is 9.41. The van der Waals surface area contributed by atoms with Crippen LogP contribution in [0.15, 0.2) is 47.4 Å². The van der Waals surface area contributed by atoms with E-state index < -0.39 is 21.7 Å². The number of nitrogens with zero attached hydrogens (tertiary/aromatic N) is 1. The van der Waals surface area contributed by atoms with Crippen molar-refractivity contribution in [3.05, 3.63) is 64.4 Å². The van der Waals surface area contributed by atoms with Crippen LogP contribution in [0.1, 0.15) is 41.6 Å². The summed E-state index contributed by atoms with van der Waals surface area (Å²) in [7, 11) is -3.47. The molecule has 0 atom stereocenters. The third kappa shape index (κ3) is 5.35. The van der Waals surface area contributed by atoms with Crippen molar-refractivity contribution >= 4 is 27.5 Å². The molecule has 1 aliphatic rings. The maximum absolute atomic E-state index is 13.8. The summed E-state index contributed by atoms with van der Waals surface area (Å²) in [5.74, 6) is -1.24. The lowest BCUT2D eigenvalue weighted by atomic mass is 10.1. The lowest BCUT2D eigenvalue weighted by Crippen LogP contribution is -2.31. The number of halogens is 2. The van der Waals surface area contributed by atoms with Crippen molar-refractivity contribution in [1.29, 1.82) is 0 Å². The fraction of sp³-hybridized carbons (Fsp3) is 0.381. The number of sulfonamides is 1. The maximum Gasteiger partial charge on any atom is 0.255 e. The summed E-state index contributed by atoms with van der Waals surface area (Å²) in [6.45, 7) is 1.41. The number of benzene rings is 2. The topological polar surface area (TPSA) is 66.5 Å². The number of hydrogen-bond donors (Lipinski definition) is 1. The van der Waals surface area contributed by atoms with Crippen LogP contribution in [0.3, 0.4) is 0 Å². The van der Waals surface area contributed by atoms with Crippen molar-refractivity contribution in [3.63, 3.8) is 0 Å². The van der Waals surface area contributed by atoms with Crippen LogP contribution >= 0.6 is 11.6 Å². The average molecular weight is 439 g/mol.